The van der Waals surface area contributed by atoms with Crippen LogP contribution in [-0.2, 0) is 17.6 Å². The Labute approximate surface area is 166 Å². The molecular formula is C20H19ClN4OS. The van der Waals surface area contributed by atoms with Gasteiger partial charge in [0.15, 0.2) is 5.13 Å². The molecule has 2 aliphatic rings. The Kier molecular flexibility index (Phi) is 3.88. The number of aromatic nitrogens is 3. The normalized spacial score (nSPS) is 15.4. The van der Waals surface area contributed by atoms with Gasteiger partial charge in [0, 0.05) is 18.4 Å². The van der Waals surface area contributed by atoms with Crippen LogP contribution < -0.4 is 5.32 Å². The zero-order valence-corrected chi connectivity index (χ0v) is 16.7. The molecule has 0 atom stereocenters. The van der Waals surface area contributed by atoms with Crippen molar-refractivity contribution in [1.82, 2.24) is 14.8 Å². The third kappa shape index (κ3) is 2.87. The van der Waals surface area contributed by atoms with Crippen LogP contribution >= 0.6 is 22.9 Å². The number of anilines is 1. The number of carbonyl (C=O) groups is 1. The highest BCUT2D eigenvalue weighted by Crippen LogP contribution is 2.48. The Balaban J connectivity index is 1.72. The largest absolute Gasteiger partial charge is 0.302 e. The number of halogens is 1. The van der Waals surface area contributed by atoms with E-state index in [-0.39, 0.29) is 5.91 Å². The molecule has 2 aromatic heterocycles. The lowest BCUT2D eigenvalue weighted by atomic mass is 9.96. The Morgan fingerprint density at radius 1 is 1.33 bits per heavy atom. The van der Waals surface area contributed by atoms with Gasteiger partial charge in [0.1, 0.15) is 0 Å². The van der Waals surface area contributed by atoms with Gasteiger partial charge in [0.25, 0.3) is 0 Å². The molecule has 7 heteroatoms. The van der Waals surface area contributed by atoms with Crippen molar-refractivity contribution in [2.45, 2.75) is 45.4 Å². The van der Waals surface area contributed by atoms with Crippen molar-refractivity contribution in [3.05, 3.63) is 45.7 Å². The van der Waals surface area contributed by atoms with Gasteiger partial charge in [-0.2, -0.15) is 5.10 Å². The zero-order chi connectivity index (χ0) is 18.7. The minimum atomic E-state index is -0.102. The highest BCUT2D eigenvalue weighted by Gasteiger charge is 2.36. The van der Waals surface area contributed by atoms with Crippen LogP contribution in [0.2, 0.25) is 5.02 Å². The van der Waals surface area contributed by atoms with E-state index < -0.39 is 0 Å². The molecule has 1 N–H and O–H groups in total. The highest BCUT2D eigenvalue weighted by molar-refractivity contribution is 7.19. The summed E-state index contributed by atoms with van der Waals surface area (Å²) in [5.74, 6) is 0.462. The first kappa shape index (κ1) is 17.0. The zero-order valence-electron chi connectivity index (χ0n) is 15.2. The van der Waals surface area contributed by atoms with Crippen LogP contribution in [0, 0.1) is 6.92 Å². The summed E-state index contributed by atoms with van der Waals surface area (Å²) in [5, 5.41) is 9.18. The number of hydrogen-bond acceptors (Lipinski definition) is 4. The number of nitrogens with zero attached hydrogens (tertiary/aromatic N) is 3. The van der Waals surface area contributed by atoms with Crippen LogP contribution in [0.1, 0.15) is 48.2 Å². The van der Waals surface area contributed by atoms with Crippen molar-refractivity contribution < 1.29 is 4.79 Å². The van der Waals surface area contributed by atoms with Crippen LogP contribution in [0.3, 0.4) is 0 Å². The molecule has 1 saturated carbocycles. The van der Waals surface area contributed by atoms with Gasteiger partial charge in [0.2, 0.25) is 5.91 Å². The fourth-order valence-corrected chi connectivity index (χ4v) is 5.17. The molecule has 0 unspecified atom stereocenters. The Hall–Kier alpha value is -2.18. The van der Waals surface area contributed by atoms with E-state index in [0.29, 0.717) is 16.1 Å². The van der Waals surface area contributed by atoms with E-state index in [9.17, 15) is 4.79 Å². The van der Waals surface area contributed by atoms with E-state index in [4.69, 9.17) is 16.7 Å². The number of benzene rings is 1. The van der Waals surface area contributed by atoms with E-state index in [1.54, 1.807) is 0 Å². The molecule has 0 aliphatic heterocycles. The number of nitrogens with one attached hydrogen (secondary N) is 1. The van der Waals surface area contributed by atoms with Crippen molar-refractivity contribution in [2.75, 3.05) is 5.32 Å². The van der Waals surface area contributed by atoms with Crippen LogP contribution in [0.4, 0.5) is 5.13 Å². The van der Waals surface area contributed by atoms with E-state index in [1.807, 2.05) is 23.7 Å². The quantitative estimate of drug-likeness (QED) is 0.683. The molecule has 1 aromatic carbocycles. The fourth-order valence-electron chi connectivity index (χ4n) is 3.74. The molecule has 1 amide bonds. The van der Waals surface area contributed by atoms with Gasteiger partial charge in [0.05, 0.1) is 32.7 Å². The van der Waals surface area contributed by atoms with Crippen LogP contribution in [0.25, 0.3) is 16.3 Å². The summed E-state index contributed by atoms with van der Waals surface area (Å²) in [5.41, 5.74) is 6.67. The summed E-state index contributed by atoms with van der Waals surface area (Å²) in [6, 6.07) is 6.07. The second kappa shape index (κ2) is 6.17. The lowest BCUT2D eigenvalue weighted by Crippen LogP contribution is -2.07. The molecule has 27 heavy (non-hydrogen) atoms. The predicted molar refractivity (Wildman–Crippen MR) is 108 cm³/mol. The maximum atomic E-state index is 11.5. The molecule has 138 valence electrons. The van der Waals surface area contributed by atoms with Gasteiger partial charge in [-0.3, -0.25) is 4.79 Å². The molecule has 1 fully saturated rings. The molecule has 0 radical (unpaired) electrons. The average Bonchev–Trinajstić information content (AvgIpc) is 3.25. The third-order valence-corrected chi connectivity index (χ3v) is 6.44. The Bertz CT molecular complexity index is 1080. The minimum absolute atomic E-state index is 0.102. The van der Waals surface area contributed by atoms with Gasteiger partial charge in [-0.1, -0.05) is 29.0 Å². The number of aryl methyl sites for hydroxylation is 2. The van der Waals surface area contributed by atoms with Crippen LogP contribution in [-0.4, -0.2) is 20.7 Å². The molecule has 0 saturated heterocycles. The van der Waals surface area contributed by atoms with Gasteiger partial charge in [-0.25, -0.2) is 9.67 Å². The number of thiazole rings is 1. The number of amides is 1. The lowest BCUT2D eigenvalue weighted by molar-refractivity contribution is -0.114. The number of rotatable bonds is 3. The summed E-state index contributed by atoms with van der Waals surface area (Å²) in [7, 11) is 0. The minimum Gasteiger partial charge on any atom is -0.302 e. The molecule has 3 aromatic rings. The third-order valence-electron chi connectivity index (χ3n) is 5.12. The summed E-state index contributed by atoms with van der Waals surface area (Å²) in [6.07, 6.45) is 4.22. The second-order valence-corrected chi connectivity index (χ2v) is 8.74. The molecule has 2 aliphatic carbocycles. The van der Waals surface area contributed by atoms with E-state index in [2.05, 4.69) is 16.4 Å². The van der Waals surface area contributed by atoms with Crippen LogP contribution in [0.15, 0.2) is 18.2 Å². The maximum Gasteiger partial charge on any atom is 0.223 e. The first-order valence-electron chi connectivity index (χ1n) is 9.17. The standard InChI is InChI=1S/C20H19ClN4OS/c1-10-3-8-16(14(21)9-10)25-18-13(17(24-25)12-4-5-12)6-7-15-19(18)27-20(23-15)22-11(2)26/h3,8-9,12H,4-7H2,1-2H3,(H,22,23,26). The number of fused-ring (bicyclic) bond motifs is 3. The summed E-state index contributed by atoms with van der Waals surface area (Å²) in [6.45, 7) is 3.54. The van der Waals surface area contributed by atoms with Gasteiger partial charge in [-0.05, 0) is 50.3 Å². The first-order chi connectivity index (χ1) is 13.0. The monoisotopic (exact) mass is 398 g/mol. The topological polar surface area (TPSA) is 59.8 Å². The summed E-state index contributed by atoms with van der Waals surface area (Å²) >= 11 is 8.10. The molecule has 5 nitrogen and oxygen atoms in total. The molecule has 0 bridgehead atoms. The average molecular weight is 399 g/mol. The first-order valence-corrected chi connectivity index (χ1v) is 10.4. The Morgan fingerprint density at radius 3 is 2.85 bits per heavy atom. The molecule has 5 rings (SSSR count). The summed E-state index contributed by atoms with van der Waals surface area (Å²) in [4.78, 5) is 17.2. The maximum absolute atomic E-state index is 11.5. The van der Waals surface area contributed by atoms with Crippen molar-refractivity contribution >= 4 is 34.0 Å². The lowest BCUT2D eigenvalue weighted by Gasteiger charge is -2.15. The predicted octanol–water partition coefficient (Wildman–Crippen LogP) is 4.89. The van der Waals surface area contributed by atoms with Crippen molar-refractivity contribution in [3.63, 3.8) is 0 Å². The number of carbonyl (C=O) groups excluding carboxylic acids is 1. The number of hydrogen-bond donors (Lipinski definition) is 1. The van der Waals surface area contributed by atoms with Gasteiger partial charge >= 0.3 is 0 Å². The van der Waals surface area contributed by atoms with E-state index in [1.165, 1.54) is 42.4 Å². The van der Waals surface area contributed by atoms with E-state index in [0.717, 1.165) is 40.4 Å². The molecule has 0 spiro atoms. The van der Waals surface area contributed by atoms with E-state index >= 15 is 0 Å². The Morgan fingerprint density at radius 2 is 2.15 bits per heavy atom. The molecular weight excluding hydrogens is 380 g/mol. The second-order valence-electron chi connectivity index (χ2n) is 7.33. The van der Waals surface area contributed by atoms with Gasteiger partial charge in [-0.15, -0.1) is 0 Å². The van der Waals surface area contributed by atoms with Crippen molar-refractivity contribution in [2.24, 2.45) is 0 Å². The summed E-state index contributed by atoms with van der Waals surface area (Å²) < 4.78 is 2.00. The fraction of sp³-hybridized carbons (Fsp3) is 0.350. The SMILES string of the molecule is CC(=O)Nc1nc2c(s1)-c1c(c(C3CC3)nn1-c1ccc(C)cc1Cl)CC2. The smallest absolute Gasteiger partial charge is 0.223 e. The molecule has 2 heterocycles. The highest BCUT2D eigenvalue weighted by atomic mass is 35.5. The van der Waals surface area contributed by atoms with Crippen LogP contribution in [0.5, 0.6) is 0 Å². The van der Waals surface area contributed by atoms with Gasteiger partial charge < -0.3 is 5.32 Å². The van der Waals surface area contributed by atoms with Crippen molar-refractivity contribution in [1.29, 1.82) is 0 Å². The van der Waals surface area contributed by atoms with Crippen molar-refractivity contribution in [3.8, 4) is 16.3 Å².